The summed E-state index contributed by atoms with van der Waals surface area (Å²) in [6.45, 7) is 2.38. The fraction of sp³-hybridized carbons (Fsp3) is 0.417. The summed E-state index contributed by atoms with van der Waals surface area (Å²) in [4.78, 5) is 11.8. The number of aliphatic hydroxyl groups excluding tert-OH is 1. The van der Waals surface area contributed by atoms with Gasteiger partial charge >= 0.3 is 0 Å². The lowest BCUT2D eigenvalue weighted by molar-refractivity contribution is 0.0943. The summed E-state index contributed by atoms with van der Waals surface area (Å²) in [5.41, 5.74) is 0.0114. The maximum absolute atomic E-state index is 11.8. The third-order valence-corrected chi connectivity index (χ3v) is 3.01. The summed E-state index contributed by atoms with van der Waals surface area (Å²) < 4.78 is 0. The first-order valence-electron chi connectivity index (χ1n) is 5.52. The monoisotopic (exact) mass is 291 g/mol. The van der Waals surface area contributed by atoms with Crippen LogP contribution in [0.5, 0.6) is 5.75 Å². The lowest BCUT2D eigenvalue weighted by Gasteiger charge is -2.12. The number of rotatable bonds is 5. The zero-order valence-electron chi connectivity index (χ0n) is 9.91. The standard InChI is InChI=1S/C12H15Cl2NO3/c1-7(2-3-16)6-15-12(18)11-9(14)4-8(13)5-10(11)17/h4-5,7,16-17H,2-3,6H2,1H3,(H,15,18). The Hall–Kier alpha value is -0.970. The van der Waals surface area contributed by atoms with Crippen molar-refractivity contribution in [2.45, 2.75) is 13.3 Å². The van der Waals surface area contributed by atoms with Crippen LogP contribution in [0.2, 0.25) is 10.0 Å². The van der Waals surface area contributed by atoms with E-state index in [1.807, 2.05) is 6.92 Å². The zero-order valence-corrected chi connectivity index (χ0v) is 11.4. The molecule has 3 N–H and O–H groups in total. The van der Waals surface area contributed by atoms with E-state index in [9.17, 15) is 9.90 Å². The van der Waals surface area contributed by atoms with Gasteiger partial charge in [-0.25, -0.2) is 0 Å². The Bertz CT molecular complexity index is 414. The minimum Gasteiger partial charge on any atom is -0.507 e. The first-order valence-corrected chi connectivity index (χ1v) is 6.28. The molecule has 0 fully saturated rings. The van der Waals surface area contributed by atoms with Crippen molar-refractivity contribution in [3.63, 3.8) is 0 Å². The number of carbonyl (C=O) groups is 1. The van der Waals surface area contributed by atoms with Gasteiger partial charge in [-0.2, -0.15) is 0 Å². The second-order valence-corrected chi connectivity index (χ2v) is 4.95. The van der Waals surface area contributed by atoms with Crippen LogP contribution in [0.4, 0.5) is 0 Å². The van der Waals surface area contributed by atoms with Crippen LogP contribution in [-0.4, -0.2) is 29.3 Å². The number of hydrogen-bond acceptors (Lipinski definition) is 3. The quantitative estimate of drug-likeness (QED) is 0.780. The number of carbonyl (C=O) groups excluding carboxylic acids is 1. The van der Waals surface area contributed by atoms with Crippen LogP contribution < -0.4 is 5.32 Å². The van der Waals surface area contributed by atoms with E-state index in [1.165, 1.54) is 12.1 Å². The van der Waals surface area contributed by atoms with Crippen molar-refractivity contribution in [3.05, 3.63) is 27.7 Å². The van der Waals surface area contributed by atoms with E-state index in [0.29, 0.717) is 13.0 Å². The van der Waals surface area contributed by atoms with Gasteiger partial charge in [0.15, 0.2) is 0 Å². The van der Waals surface area contributed by atoms with Crippen molar-refractivity contribution in [1.29, 1.82) is 0 Å². The molecule has 1 aromatic rings. The third-order valence-electron chi connectivity index (χ3n) is 2.49. The minimum atomic E-state index is -0.459. The highest BCUT2D eigenvalue weighted by Crippen LogP contribution is 2.29. The predicted octanol–water partition coefficient (Wildman–Crippen LogP) is 2.45. The van der Waals surface area contributed by atoms with Gasteiger partial charge in [0.2, 0.25) is 0 Å². The van der Waals surface area contributed by atoms with Gasteiger partial charge in [-0.1, -0.05) is 30.1 Å². The van der Waals surface area contributed by atoms with E-state index in [2.05, 4.69) is 5.32 Å². The summed E-state index contributed by atoms with van der Waals surface area (Å²) in [6, 6.07) is 2.66. The molecule has 0 aromatic heterocycles. The Kier molecular flexibility index (Phi) is 5.72. The second kappa shape index (κ2) is 6.83. The Morgan fingerprint density at radius 3 is 2.67 bits per heavy atom. The molecule has 1 rings (SSSR count). The third kappa shape index (κ3) is 4.05. The van der Waals surface area contributed by atoms with Gasteiger partial charge in [-0.15, -0.1) is 0 Å². The number of aromatic hydroxyl groups is 1. The van der Waals surface area contributed by atoms with E-state index in [0.717, 1.165) is 0 Å². The smallest absolute Gasteiger partial charge is 0.256 e. The van der Waals surface area contributed by atoms with Crippen LogP contribution in [-0.2, 0) is 0 Å². The Balaban J connectivity index is 2.73. The molecule has 0 bridgehead atoms. The molecule has 1 atom stereocenters. The summed E-state index contributed by atoms with van der Waals surface area (Å²) >= 11 is 11.6. The SMILES string of the molecule is CC(CCO)CNC(=O)c1c(O)cc(Cl)cc1Cl. The molecular weight excluding hydrogens is 277 g/mol. The van der Waals surface area contributed by atoms with E-state index >= 15 is 0 Å². The molecular formula is C12H15Cl2NO3. The zero-order chi connectivity index (χ0) is 13.7. The molecule has 0 aliphatic carbocycles. The maximum atomic E-state index is 11.8. The number of aliphatic hydroxyl groups is 1. The van der Waals surface area contributed by atoms with Gasteiger partial charge in [-0.05, 0) is 24.5 Å². The van der Waals surface area contributed by atoms with E-state index < -0.39 is 5.91 Å². The van der Waals surface area contributed by atoms with Crippen molar-refractivity contribution >= 4 is 29.1 Å². The van der Waals surface area contributed by atoms with Crippen molar-refractivity contribution in [1.82, 2.24) is 5.32 Å². The van der Waals surface area contributed by atoms with Crippen molar-refractivity contribution in [2.24, 2.45) is 5.92 Å². The Morgan fingerprint density at radius 1 is 1.44 bits per heavy atom. The van der Waals surface area contributed by atoms with Gasteiger partial charge in [0, 0.05) is 18.2 Å². The largest absolute Gasteiger partial charge is 0.507 e. The van der Waals surface area contributed by atoms with Crippen LogP contribution in [0.25, 0.3) is 0 Å². The number of phenols is 1. The molecule has 0 aliphatic rings. The molecule has 1 aromatic carbocycles. The van der Waals surface area contributed by atoms with Gasteiger partial charge in [0.1, 0.15) is 5.75 Å². The van der Waals surface area contributed by atoms with Crippen molar-refractivity contribution in [3.8, 4) is 5.75 Å². The Labute approximate surface area is 116 Å². The molecule has 0 aliphatic heterocycles. The van der Waals surface area contributed by atoms with Gasteiger partial charge in [-0.3, -0.25) is 4.79 Å². The Morgan fingerprint density at radius 2 is 2.11 bits per heavy atom. The summed E-state index contributed by atoms with van der Waals surface area (Å²) in [6.07, 6.45) is 0.598. The molecule has 0 saturated heterocycles. The highest BCUT2D eigenvalue weighted by Gasteiger charge is 2.17. The van der Waals surface area contributed by atoms with Crippen LogP contribution in [0.1, 0.15) is 23.7 Å². The first kappa shape index (κ1) is 15.1. The fourth-order valence-electron chi connectivity index (χ4n) is 1.46. The molecule has 18 heavy (non-hydrogen) atoms. The molecule has 100 valence electrons. The van der Waals surface area contributed by atoms with Crippen molar-refractivity contribution < 1.29 is 15.0 Å². The number of amides is 1. The van der Waals surface area contributed by atoms with E-state index in [4.69, 9.17) is 28.3 Å². The minimum absolute atomic E-state index is 0.0114. The topological polar surface area (TPSA) is 69.6 Å². The van der Waals surface area contributed by atoms with Gasteiger partial charge in [0.25, 0.3) is 5.91 Å². The number of halogens is 2. The molecule has 4 nitrogen and oxygen atoms in total. The average molecular weight is 292 g/mol. The highest BCUT2D eigenvalue weighted by molar-refractivity contribution is 6.37. The molecule has 0 radical (unpaired) electrons. The van der Waals surface area contributed by atoms with E-state index in [-0.39, 0.29) is 33.9 Å². The average Bonchev–Trinajstić information content (AvgIpc) is 2.25. The van der Waals surface area contributed by atoms with Gasteiger partial charge in [0.05, 0.1) is 10.6 Å². The molecule has 6 heteroatoms. The molecule has 1 unspecified atom stereocenters. The lowest BCUT2D eigenvalue weighted by Crippen LogP contribution is -2.29. The summed E-state index contributed by atoms with van der Waals surface area (Å²) in [5, 5.41) is 21.4. The van der Waals surface area contributed by atoms with Crippen LogP contribution in [0.15, 0.2) is 12.1 Å². The number of nitrogens with one attached hydrogen (secondary N) is 1. The van der Waals surface area contributed by atoms with Crippen LogP contribution >= 0.6 is 23.2 Å². The van der Waals surface area contributed by atoms with Crippen LogP contribution in [0.3, 0.4) is 0 Å². The number of benzene rings is 1. The summed E-state index contributed by atoms with van der Waals surface area (Å²) in [5.74, 6) is -0.564. The highest BCUT2D eigenvalue weighted by atomic mass is 35.5. The van der Waals surface area contributed by atoms with E-state index in [1.54, 1.807) is 0 Å². The molecule has 0 saturated carbocycles. The maximum Gasteiger partial charge on any atom is 0.256 e. The number of phenolic OH excluding ortho intramolecular Hbond substituents is 1. The fourth-order valence-corrected chi connectivity index (χ4v) is 2.03. The van der Waals surface area contributed by atoms with Crippen molar-refractivity contribution in [2.75, 3.05) is 13.2 Å². The number of hydrogen-bond donors (Lipinski definition) is 3. The van der Waals surface area contributed by atoms with Crippen LogP contribution in [0, 0.1) is 5.92 Å². The molecule has 1 amide bonds. The predicted molar refractivity (Wildman–Crippen MR) is 71.3 cm³/mol. The second-order valence-electron chi connectivity index (χ2n) is 4.11. The summed E-state index contributed by atoms with van der Waals surface area (Å²) in [7, 11) is 0. The lowest BCUT2D eigenvalue weighted by atomic mass is 10.1. The normalized spacial score (nSPS) is 12.2. The first-order chi connectivity index (χ1) is 8.45. The molecule has 0 heterocycles. The molecule has 0 spiro atoms. The van der Waals surface area contributed by atoms with Gasteiger partial charge < -0.3 is 15.5 Å².